The average molecular weight is 377 g/mol. The number of carbonyl (C=O) groups excluding carboxylic acids is 1. The van der Waals surface area contributed by atoms with E-state index in [9.17, 15) is 4.79 Å². The summed E-state index contributed by atoms with van der Waals surface area (Å²) < 4.78 is 1.56. The normalized spacial score (nSPS) is 16.8. The first-order chi connectivity index (χ1) is 13.7. The summed E-state index contributed by atoms with van der Waals surface area (Å²) in [5, 5.41) is 15.6. The largest absolute Gasteiger partial charge is 0.354 e. The molecule has 8 nitrogen and oxygen atoms in total. The molecule has 0 saturated carbocycles. The third kappa shape index (κ3) is 4.00. The highest BCUT2D eigenvalue weighted by Gasteiger charge is 2.26. The summed E-state index contributed by atoms with van der Waals surface area (Å²) >= 11 is 0. The zero-order chi connectivity index (χ0) is 19.3. The Bertz CT molecular complexity index is 907. The van der Waals surface area contributed by atoms with Crippen LogP contribution in [0.3, 0.4) is 0 Å². The third-order valence-corrected chi connectivity index (χ3v) is 5.04. The van der Waals surface area contributed by atoms with E-state index in [1.54, 1.807) is 11.0 Å². The first-order valence-electron chi connectivity index (χ1n) is 9.56. The molecule has 1 aliphatic heterocycles. The number of amides is 1. The molecule has 1 unspecified atom stereocenters. The molecular formula is C20H23N7O. The van der Waals surface area contributed by atoms with E-state index < -0.39 is 0 Å². The molecule has 1 amide bonds. The SMILES string of the molecule is CCc1ccc(NC(=O)C2CCCN(c3ccc(-n4cncn4)nn3)C2)cc1. The van der Waals surface area contributed by atoms with E-state index in [4.69, 9.17) is 0 Å². The molecule has 28 heavy (non-hydrogen) atoms. The minimum absolute atomic E-state index is 0.0566. The Hall–Kier alpha value is -3.29. The van der Waals surface area contributed by atoms with Gasteiger partial charge < -0.3 is 10.2 Å². The molecule has 0 spiro atoms. The fourth-order valence-electron chi connectivity index (χ4n) is 3.40. The van der Waals surface area contributed by atoms with Crippen molar-refractivity contribution in [2.24, 2.45) is 5.92 Å². The van der Waals surface area contributed by atoms with Crippen molar-refractivity contribution in [2.45, 2.75) is 26.2 Å². The fraction of sp³-hybridized carbons (Fsp3) is 0.350. The second-order valence-electron chi connectivity index (χ2n) is 6.91. The molecule has 1 fully saturated rings. The smallest absolute Gasteiger partial charge is 0.229 e. The molecule has 3 aromatic rings. The number of rotatable bonds is 5. The Labute approximate surface area is 163 Å². The van der Waals surface area contributed by atoms with Crippen LogP contribution in [-0.4, -0.2) is 44.0 Å². The number of nitrogens with zero attached hydrogens (tertiary/aromatic N) is 6. The molecule has 4 rings (SSSR count). The van der Waals surface area contributed by atoms with Gasteiger partial charge in [0.25, 0.3) is 0 Å². The van der Waals surface area contributed by atoms with Gasteiger partial charge in [-0.2, -0.15) is 5.10 Å². The van der Waals surface area contributed by atoms with E-state index in [0.29, 0.717) is 12.4 Å². The lowest BCUT2D eigenvalue weighted by atomic mass is 9.97. The van der Waals surface area contributed by atoms with E-state index in [1.165, 1.54) is 11.9 Å². The number of hydrogen-bond donors (Lipinski definition) is 1. The fourth-order valence-corrected chi connectivity index (χ4v) is 3.40. The second kappa shape index (κ2) is 8.16. The molecule has 2 aromatic heterocycles. The number of hydrogen-bond acceptors (Lipinski definition) is 6. The lowest BCUT2D eigenvalue weighted by molar-refractivity contribution is -0.120. The number of aromatic nitrogens is 5. The summed E-state index contributed by atoms with van der Waals surface area (Å²) in [6, 6.07) is 11.8. The van der Waals surface area contributed by atoms with Crippen molar-refractivity contribution >= 4 is 17.4 Å². The molecule has 144 valence electrons. The lowest BCUT2D eigenvalue weighted by Crippen LogP contribution is -2.41. The van der Waals surface area contributed by atoms with E-state index >= 15 is 0 Å². The minimum atomic E-state index is -0.0728. The topological polar surface area (TPSA) is 88.8 Å². The molecule has 0 radical (unpaired) electrons. The van der Waals surface area contributed by atoms with Gasteiger partial charge in [-0.3, -0.25) is 4.79 Å². The quantitative estimate of drug-likeness (QED) is 0.735. The van der Waals surface area contributed by atoms with Crippen LogP contribution in [0, 0.1) is 5.92 Å². The Morgan fingerprint density at radius 3 is 2.61 bits per heavy atom. The zero-order valence-corrected chi connectivity index (χ0v) is 15.8. The molecule has 0 aliphatic carbocycles. The second-order valence-corrected chi connectivity index (χ2v) is 6.91. The Morgan fingerprint density at radius 1 is 1.14 bits per heavy atom. The van der Waals surface area contributed by atoms with Crippen molar-refractivity contribution in [1.82, 2.24) is 25.0 Å². The van der Waals surface area contributed by atoms with E-state index in [2.05, 4.69) is 49.6 Å². The number of piperidine rings is 1. The minimum Gasteiger partial charge on any atom is -0.354 e. The van der Waals surface area contributed by atoms with E-state index in [0.717, 1.165) is 37.3 Å². The molecule has 3 heterocycles. The van der Waals surface area contributed by atoms with Gasteiger partial charge in [0.05, 0.1) is 5.92 Å². The molecule has 1 N–H and O–H groups in total. The van der Waals surface area contributed by atoms with Gasteiger partial charge in [0.1, 0.15) is 12.7 Å². The van der Waals surface area contributed by atoms with Gasteiger partial charge in [-0.15, -0.1) is 10.2 Å². The Morgan fingerprint density at radius 2 is 1.93 bits per heavy atom. The van der Waals surface area contributed by atoms with Crippen molar-refractivity contribution in [3.63, 3.8) is 0 Å². The van der Waals surface area contributed by atoms with Crippen LogP contribution < -0.4 is 10.2 Å². The van der Waals surface area contributed by atoms with Gasteiger partial charge in [0.15, 0.2) is 11.6 Å². The van der Waals surface area contributed by atoms with Crippen molar-refractivity contribution in [1.29, 1.82) is 0 Å². The van der Waals surface area contributed by atoms with Crippen molar-refractivity contribution in [2.75, 3.05) is 23.3 Å². The van der Waals surface area contributed by atoms with Crippen molar-refractivity contribution in [3.05, 3.63) is 54.6 Å². The van der Waals surface area contributed by atoms with Gasteiger partial charge in [0, 0.05) is 18.8 Å². The van der Waals surface area contributed by atoms with Crippen LogP contribution in [0.5, 0.6) is 0 Å². The van der Waals surface area contributed by atoms with Crippen LogP contribution in [0.1, 0.15) is 25.3 Å². The van der Waals surface area contributed by atoms with Gasteiger partial charge in [0.2, 0.25) is 5.91 Å². The number of carbonyl (C=O) groups is 1. The van der Waals surface area contributed by atoms with Crippen molar-refractivity contribution < 1.29 is 4.79 Å². The predicted octanol–water partition coefficient (Wildman–Crippen LogP) is 2.47. The molecule has 1 atom stereocenters. The zero-order valence-electron chi connectivity index (χ0n) is 15.8. The summed E-state index contributed by atoms with van der Waals surface area (Å²) in [5.41, 5.74) is 2.10. The first kappa shape index (κ1) is 18.1. The molecule has 1 aromatic carbocycles. The van der Waals surface area contributed by atoms with E-state index in [1.807, 2.05) is 24.3 Å². The highest BCUT2D eigenvalue weighted by molar-refractivity contribution is 5.93. The molecule has 1 saturated heterocycles. The van der Waals surface area contributed by atoms with Gasteiger partial charge in [-0.25, -0.2) is 9.67 Å². The summed E-state index contributed by atoms with van der Waals surface area (Å²) in [5.74, 6) is 1.37. The summed E-state index contributed by atoms with van der Waals surface area (Å²) in [7, 11) is 0. The average Bonchev–Trinajstić information content (AvgIpc) is 3.29. The van der Waals surface area contributed by atoms with Gasteiger partial charge >= 0.3 is 0 Å². The highest BCUT2D eigenvalue weighted by Crippen LogP contribution is 2.23. The maximum absolute atomic E-state index is 12.7. The van der Waals surface area contributed by atoms with Gasteiger partial charge in [-0.1, -0.05) is 19.1 Å². The van der Waals surface area contributed by atoms with E-state index in [-0.39, 0.29) is 11.8 Å². The van der Waals surface area contributed by atoms with Crippen LogP contribution in [0.4, 0.5) is 11.5 Å². The monoisotopic (exact) mass is 377 g/mol. The lowest BCUT2D eigenvalue weighted by Gasteiger charge is -2.32. The number of benzene rings is 1. The number of anilines is 2. The van der Waals surface area contributed by atoms with Crippen LogP contribution in [0.15, 0.2) is 49.1 Å². The number of aryl methyl sites for hydroxylation is 1. The Balaban J connectivity index is 1.40. The maximum atomic E-state index is 12.7. The summed E-state index contributed by atoms with van der Waals surface area (Å²) in [6.45, 7) is 3.62. The molecule has 1 aliphatic rings. The molecule has 8 heteroatoms. The predicted molar refractivity (Wildman–Crippen MR) is 106 cm³/mol. The van der Waals surface area contributed by atoms with Crippen LogP contribution in [0.2, 0.25) is 0 Å². The number of nitrogens with one attached hydrogen (secondary N) is 1. The summed E-state index contributed by atoms with van der Waals surface area (Å²) in [6.07, 6.45) is 5.85. The molecular weight excluding hydrogens is 354 g/mol. The van der Waals surface area contributed by atoms with Crippen LogP contribution in [-0.2, 0) is 11.2 Å². The van der Waals surface area contributed by atoms with Crippen LogP contribution >= 0.6 is 0 Å². The standard InChI is InChI=1S/C20H23N7O/c1-2-15-5-7-17(8-6-15)23-20(28)16-4-3-11-26(12-16)18-9-10-19(25-24-18)27-14-21-13-22-27/h5-10,13-14,16H,2-4,11-12H2,1H3,(H,23,28). The highest BCUT2D eigenvalue weighted by atomic mass is 16.1. The van der Waals surface area contributed by atoms with Crippen molar-refractivity contribution in [3.8, 4) is 5.82 Å². The summed E-state index contributed by atoms with van der Waals surface area (Å²) in [4.78, 5) is 18.7. The third-order valence-electron chi connectivity index (χ3n) is 5.04. The first-order valence-corrected chi connectivity index (χ1v) is 9.56. The Kier molecular flexibility index (Phi) is 5.27. The maximum Gasteiger partial charge on any atom is 0.229 e. The van der Waals surface area contributed by atoms with Gasteiger partial charge in [-0.05, 0) is 49.1 Å². The molecule has 0 bridgehead atoms. The van der Waals surface area contributed by atoms with Crippen LogP contribution in [0.25, 0.3) is 5.82 Å².